The lowest BCUT2D eigenvalue weighted by atomic mass is 10.2. The average molecular weight is 460 g/mol. The molecule has 4 rings (SSSR count). The molecule has 0 fully saturated rings. The molecule has 0 amide bonds. The van der Waals surface area contributed by atoms with E-state index in [1.54, 1.807) is 30.3 Å². The molecule has 0 saturated carbocycles. The summed E-state index contributed by atoms with van der Waals surface area (Å²) in [7, 11) is 0. The van der Waals surface area contributed by atoms with E-state index in [9.17, 15) is 5.11 Å². The number of allylic oxidation sites excluding steroid dienone is 1. The topological polar surface area (TPSA) is 78.6 Å². The number of hydrogen-bond donors (Lipinski definition) is 1. The molecule has 0 bridgehead atoms. The molecule has 0 spiro atoms. The predicted octanol–water partition coefficient (Wildman–Crippen LogP) is 4.16. The monoisotopic (exact) mass is 459 g/mol. The number of aromatic nitrogens is 3. The summed E-state index contributed by atoms with van der Waals surface area (Å²) in [6.45, 7) is 4.85. The van der Waals surface area contributed by atoms with Gasteiger partial charge in [-0.1, -0.05) is 41.6 Å². The van der Waals surface area contributed by atoms with Crippen molar-refractivity contribution in [3.05, 3.63) is 72.0 Å². The molecule has 2 atom stereocenters. The van der Waals surface area contributed by atoms with Crippen LogP contribution in [0.5, 0.6) is 17.2 Å². The van der Waals surface area contributed by atoms with Gasteiger partial charge in [-0.15, -0.1) is 16.8 Å². The van der Waals surface area contributed by atoms with Gasteiger partial charge in [0.25, 0.3) is 0 Å². The summed E-state index contributed by atoms with van der Waals surface area (Å²) in [5.74, 6) is 3.10. The Hall–Kier alpha value is -2.68. The molecule has 1 aliphatic rings. The van der Waals surface area contributed by atoms with E-state index in [-0.39, 0.29) is 12.7 Å². The van der Waals surface area contributed by atoms with E-state index >= 15 is 0 Å². The second-order valence-electron chi connectivity index (χ2n) is 6.83. The van der Waals surface area contributed by atoms with Gasteiger partial charge in [-0.05, 0) is 36.4 Å². The van der Waals surface area contributed by atoms with Crippen LogP contribution >= 0.6 is 23.4 Å². The molecule has 31 heavy (non-hydrogen) atoms. The zero-order valence-electron chi connectivity index (χ0n) is 16.7. The number of hydrogen-bond acceptors (Lipinski definition) is 7. The van der Waals surface area contributed by atoms with Crippen LogP contribution < -0.4 is 14.2 Å². The van der Waals surface area contributed by atoms with Crippen LogP contribution in [0.15, 0.2) is 66.3 Å². The summed E-state index contributed by atoms with van der Waals surface area (Å²) >= 11 is 7.27. The summed E-state index contributed by atoms with van der Waals surface area (Å²) in [6.07, 6.45) is 0.711. The maximum atomic E-state index is 10.3. The van der Waals surface area contributed by atoms with Crippen LogP contribution in [0.4, 0.5) is 0 Å². The van der Waals surface area contributed by atoms with Gasteiger partial charge in [0.1, 0.15) is 19.0 Å². The molecular formula is C22H22ClN3O4S. The Labute approximate surface area is 189 Å². The van der Waals surface area contributed by atoms with E-state index in [2.05, 4.69) is 16.8 Å². The van der Waals surface area contributed by atoms with Gasteiger partial charge < -0.3 is 19.3 Å². The summed E-state index contributed by atoms with van der Waals surface area (Å²) in [6, 6.07) is 14.5. The number of benzene rings is 2. The summed E-state index contributed by atoms with van der Waals surface area (Å²) in [5, 5.41) is 20.2. The Morgan fingerprint density at radius 3 is 2.77 bits per heavy atom. The van der Waals surface area contributed by atoms with Crippen LogP contribution in [0.3, 0.4) is 0 Å². The van der Waals surface area contributed by atoms with Gasteiger partial charge >= 0.3 is 0 Å². The highest BCUT2D eigenvalue weighted by atomic mass is 35.5. The average Bonchev–Trinajstić information content (AvgIpc) is 3.19. The Kier molecular flexibility index (Phi) is 7.01. The second-order valence-corrected chi connectivity index (χ2v) is 8.26. The number of ether oxygens (including phenoxy) is 3. The van der Waals surface area contributed by atoms with Crippen LogP contribution in [0.25, 0.3) is 0 Å². The van der Waals surface area contributed by atoms with E-state index in [1.165, 1.54) is 11.8 Å². The van der Waals surface area contributed by atoms with Crippen LogP contribution in [0, 0.1) is 0 Å². The lowest BCUT2D eigenvalue weighted by molar-refractivity contribution is 0.0821. The van der Waals surface area contributed by atoms with Crippen molar-refractivity contribution < 1.29 is 19.3 Å². The molecule has 0 saturated heterocycles. The molecule has 7 nitrogen and oxygen atoms in total. The smallest absolute Gasteiger partial charge is 0.192 e. The molecule has 3 aromatic rings. The van der Waals surface area contributed by atoms with Gasteiger partial charge in [-0.3, -0.25) is 4.57 Å². The van der Waals surface area contributed by atoms with Crippen molar-refractivity contribution in [2.24, 2.45) is 0 Å². The molecule has 0 aliphatic carbocycles. The molecule has 0 radical (unpaired) electrons. The number of aliphatic hydroxyl groups is 1. The van der Waals surface area contributed by atoms with Crippen LogP contribution in [0.2, 0.25) is 5.02 Å². The Morgan fingerprint density at radius 2 is 2.00 bits per heavy atom. The second kappa shape index (κ2) is 10.1. The third kappa shape index (κ3) is 5.33. The molecule has 2 aromatic carbocycles. The number of para-hydroxylation sites is 2. The number of rotatable bonds is 9. The van der Waals surface area contributed by atoms with E-state index in [4.69, 9.17) is 25.8 Å². The lowest BCUT2D eigenvalue weighted by Gasteiger charge is -2.26. The summed E-state index contributed by atoms with van der Waals surface area (Å²) in [4.78, 5) is 0. The quantitative estimate of drug-likeness (QED) is 0.380. The van der Waals surface area contributed by atoms with E-state index in [0.29, 0.717) is 52.2 Å². The van der Waals surface area contributed by atoms with Gasteiger partial charge in [-0.25, -0.2) is 0 Å². The third-order valence-corrected chi connectivity index (χ3v) is 5.88. The summed E-state index contributed by atoms with van der Waals surface area (Å²) < 4.78 is 19.4. The van der Waals surface area contributed by atoms with Crippen LogP contribution in [-0.4, -0.2) is 44.9 Å². The number of nitrogens with zero attached hydrogens (tertiary/aromatic N) is 3. The van der Waals surface area contributed by atoms with Gasteiger partial charge in [0, 0.05) is 17.3 Å². The minimum atomic E-state index is -0.681. The highest BCUT2D eigenvalue weighted by Crippen LogP contribution is 2.36. The normalized spacial score (nSPS) is 16.0. The SMILES string of the molecule is C=CCn1c(SCC(O)COc2ccc(Cl)cc2)nnc1C1COc2ccccc2O1. The van der Waals surface area contributed by atoms with Gasteiger partial charge in [-0.2, -0.15) is 0 Å². The van der Waals surface area contributed by atoms with E-state index < -0.39 is 6.10 Å². The Morgan fingerprint density at radius 1 is 1.23 bits per heavy atom. The molecule has 1 N–H and O–H groups in total. The fourth-order valence-electron chi connectivity index (χ4n) is 3.03. The largest absolute Gasteiger partial charge is 0.491 e. The molecule has 1 aromatic heterocycles. The molecule has 1 aliphatic heterocycles. The maximum Gasteiger partial charge on any atom is 0.192 e. The Balaban J connectivity index is 1.38. The summed E-state index contributed by atoms with van der Waals surface area (Å²) in [5.41, 5.74) is 0. The van der Waals surface area contributed by atoms with Crippen molar-refractivity contribution in [2.45, 2.75) is 23.9 Å². The molecule has 162 valence electrons. The van der Waals surface area contributed by atoms with Gasteiger partial charge in [0.15, 0.2) is 28.6 Å². The van der Waals surface area contributed by atoms with Crippen LogP contribution in [-0.2, 0) is 6.54 Å². The first-order valence-corrected chi connectivity index (χ1v) is 11.1. The standard InChI is InChI=1S/C22H22ClN3O4S/c1-2-11-26-21(20-13-29-18-5-3-4-6-19(18)30-20)24-25-22(26)31-14-16(27)12-28-17-9-7-15(23)8-10-17/h2-10,16,20,27H,1,11-14H2. The number of fused-ring (bicyclic) bond motifs is 1. The Bertz CT molecular complexity index is 1030. The van der Waals surface area contributed by atoms with E-state index in [0.717, 1.165) is 0 Å². The zero-order valence-corrected chi connectivity index (χ0v) is 18.3. The molecule has 9 heteroatoms. The van der Waals surface area contributed by atoms with Crippen molar-refractivity contribution in [1.29, 1.82) is 0 Å². The fraction of sp³-hybridized carbons (Fsp3) is 0.273. The first-order chi connectivity index (χ1) is 15.1. The van der Waals surface area contributed by atoms with Gasteiger partial charge in [0.2, 0.25) is 0 Å². The molecule has 2 unspecified atom stereocenters. The van der Waals surface area contributed by atoms with Crippen molar-refractivity contribution in [1.82, 2.24) is 14.8 Å². The minimum Gasteiger partial charge on any atom is -0.491 e. The van der Waals surface area contributed by atoms with Gasteiger partial charge in [0.05, 0.1) is 6.10 Å². The predicted molar refractivity (Wildman–Crippen MR) is 119 cm³/mol. The number of aliphatic hydroxyl groups excluding tert-OH is 1. The van der Waals surface area contributed by atoms with Crippen LogP contribution in [0.1, 0.15) is 11.9 Å². The van der Waals surface area contributed by atoms with E-state index in [1.807, 2.05) is 28.8 Å². The first-order valence-electron chi connectivity index (χ1n) is 9.75. The highest BCUT2D eigenvalue weighted by Gasteiger charge is 2.28. The third-order valence-electron chi connectivity index (χ3n) is 4.51. The van der Waals surface area contributed by atoms with Crippen molar-refractivity contribution in [3.8, 4) is 17.2 Å². The van der Waals surface area contributed by atoms with Crippen molar-refractivity contribution in [3.63, 3.8) is 0 Å². The number of halogens is 1. The maximum absolute atomic E-state index is 10.3. The molecular weight excluding hydrogens is 438 g/mol. The number of thioether (sulfide) groups is 1. The molecule has 2 heterocycles. The lowest BCUT2D eigenvalue weighted by Crippen LogP contribution is -2.25. The minimum absolute atomic E-state index is 0.160. The van der Waals surface area contributed by atoms with Crippen molar-refractivity contribution in [2.75, 3.05) is 19.0 Å². The fourth-order valence-corrected chi connectivity index (χ4v) is 4.02. The highest BCUT2D eigenvalue weighted by molar-refractivity contribution is 7.99. The first kappa shape index (κ1) is 21.5. The zero-order chi connectivity index (χ0) is 21.6. The van der Waals surface area contributed by atoms with Crippen molar-refractivity contribution >= 4 is 23.4 Å².